The van der Waals surface area contributed by atoms with Crippen molar-refractivity contribution in [2.75, 3.05) is 7.11 Å². The van der Waals surface area contributed by atoms with Crippen molar-refractivity contribution < 1.29 is 23.9 Å². The van der Waals surface area contributed by atoms with E-state index in [9.17, 15) is 14.4 Å². The highest BCUT2D eigenvalue weighted by atomic mass is 79.9. The van der Waals surface area contributed by atoms with Crippen molar-refractivity contribution >= 4 is 33.9 Å². The quantitative estimate of drug-likeness (QED) is 0.477. The normalized spacial score (nSPS) is 12.5. The van der Waals surface area contributed by atoms with Crippen LogP contribution in [0.3, 0.4) is 0 Å². The van der Waals surface area contributed by atoms with E-state index in [1.165, 1.54) is 7.11 Å². The van der Waals surface area contributed by atoms with E-state index >= 15 is 0 Å². The highest BCUT2D eigenvalue weighted by molar-refractivity contribution is 9.10. The molecular weight excluding hydrogens is 426 g/mol. The minimum atomic E-state index is -1.14. The van der Waals surface area contributed by atoms with Crippen molar-refractivity contribution in [2.45, 2.75) is 30.8 Å². The van der Waals surface area contributed by atoms with Gasteiger partial charge in [0, 0.05) is 6.42 Å². The van der Waals surface area contributed by atoms with Crippen LogP contribution < -0.4 is 0 Å². The average Bonchev–Trinajstić information content (AvgIpc) is 2.72. The maximum absolute atomic E-state index is 12.8. The van der Waals surface area contributed by atoms with Crippen molar-refractivity contribution in [1.29, 1.82) is 0 Å². The van der Waals surface area contributed by atoms with Crippen LogP contribution >= 0.6 is 15.9 Å². The first-order valence-corrected chi connectivity index (χ1v) is 9.65. The van der Waals surface area contributed by atoms with Crippen molar-refractivity contribution in [2.24, 2.45) is 0 Å². The zero-order valence-corrected chi connectivity index (χ0v) is 17.3. The van der Waals surface area contributed by atoms with Gasteiger partial charge in [-0.25, -0.2) is 14.5 Å². The molecule has 0 spiro atoms. The van der Waals surface area contributed by atoms with Crippen LogP contribution in [-0.4, -0.2) is 40.8 Å². The number of methoxy groups -OCH3 is 1. The Bertz CT molecular complexity index is 795. The van der Waals surface area contributed by atoms with Crippen LogP contribution in [0.25, 0.3) is 0 Å². The topological polar surface area (TPSA) is 72.9 Å². The fourth-order valence-corrected chi connectivity index (χ4v) is 2.83. The van der Waals surface area contributed by atoms with E-state index in [2.05, 4.69) is 15.9 Å². The number of hydrogen-bond acceptors (Lipinski definition) is 5. The number of hydrogen-bond donors (Lipinski definition) is 0. The van der Waals surface area contributed by atoms with Gasteiger partial charge >= 0.3 is 12.1 Å². The second kappa shape index (κ2) is 10.6. The molecule has 2 aromatic carbocycles. The van der Waals surface area contributed by atoms with Crippen LogP contribution in [-0.2, 0) is 32.1 Å². The third-order valence-electron chi connectivity index (χ3n) is 4.04. The van der Waals surface area contributed by atoms with Crippen LogP contribution in [0.15, 0.2) is 60.7 Å². The average molecular weight is 448 g/mol. The molecule has 2 atom stereocenters. The minimum Gasteiger partial charge on any atom is -0.467 e. The largest absolute Gasteiger partial charge is 0.467 e. The molecule has 2 rings (SSSR count). The Morgan fingerprint density at radius 2 is 1.50 bits per heavy atom. The lowest BCUT2D eigenvalue weighted by molar-refractivity contribution is -0.151. The van der Waals surface area contributed by atoms with E-state index in [4.69, 9.17) is 9.47 Å². The first-order valence-electron chi connectivity index (χ1n) is 8.73. The summed E-state index contributed by atoms with van der Waals surface area (Å²) in [5.74, 6) is -1.27. The first-order chi connectivity index (χ1) is 13.4. The summed E-state index contributed by atoms with van der Waals surface area (Å²) >= 11 is 3.18. The summed E-state index contributed by atoms with van der Waals surface area (Å²) in [6, 6.07) is 17.0. The minimum absolute atomic E-state index is 0.0145. The van der Waals surface area contributed by atoms with Gasteiger partial charge < -0.3 is 9.47 Å². The number of esters is 1. The highest BCUT2D eigenvalue weighted by Gasteiger charge is 2.38. The third kappa shape index (κ3) is 5.92. The molecule has 0 radical (unpaired) electrons. The lowest BCUT2D eigenvalue weighted by Crippen LogP contribution is -2.52. The molecule has 0 fully saturated rings. The number of alkyl halides is 1. The first kappa shape index (κ1) is 21.6. The number of carbonyl (C=O) groups is 3. The van der Waals surface area contributed by atoms with Gasteiger partial charge in [0.25, 0.3) is 0 Å². The Labute approximate surface area is 172 Å². The van der Waals surface area contributed by atoms with Crippen LogP contribution in [0.2, 0.25) is 0 Å². The molecular formula is C21H22BrNO5. The van der Waals surface area contributed by atoms with E-state index in [-0.39, 0.29) is 13.0 Å². The van der Waals surface area contributed by atoms with Gasteiger partial charge in [-0.15, -0.1) is 0 Å². The van der Waals surface area contributed by atoms with Crippen molar-refractivity contribution in [1.82, 2.24) is 4.90 Å². The molecule has 0 bridgehead atoms. The molecule has 0 saturated carbocycles. The zero-order chi connectivity index (χ0) is 20.5. The molecule has 2 amide bonds. The third-order valence-corrected chi connectivity index (χ3v) is 4.43. The molecule has 0 aliphatic carbocycles. The van der Waals surface area contributed by atoms with Gasteiger partial charge in [-0.05, 0) is 18.1 Å². The molecule has 0 N–H and O–H groups in total. The van der Waals surface area contributed by atoms with Gasteiger partial charge in [0.05, 0.1) is 11.9 Å². The van der Waals surface area contributed by atoms with Crippen molar-refractivity contribution in [3.8, 4) is 0 Å². The molecule has 0 aliphatic heterocycles. The number of nitrogens with zero attached hydrogens (tertiary/aromatic N) is 1. The standard InChI is InChI=1S/C21H22BrNO5/c1-15(22)19(24)23(21(26)28-14-17-11-7-4-8-12-17)18(20(25)27-2)13-16-9-5-3-6-10-16/h3-12,15,18H,13-14H2,1-2H3/t15?,18-/m0/s1. The summed E-state index contributed by atoms with van der Waals surface area (Å²) in [6.07, 6.45) is -0.772. The Morgan fingerprint density at radius 1 is 0.964 bits per heavy atom. The van der Waals surface area contributed by atoms with Crippen LogP contribution in [0.1, 0.15) is 18.1 Å². The van der Waals surface area contributed by atoms with Gasteiger partial charge in [-0.3, -0.25) is 4.79 Å². The van der Waals surface area contributed by atoms with E-state index in [0.717, 1.165) is 16.0 Å². The Kier molecular flexibility index (Phi) is 8.19. The molecule has 0 aliphatic rings. The molecule has 1 unspecified atom stereocenters. The predicted molar refractivity (Wildman–Crippen MR) is 108 cm³/mol. The number of ether oxygens (including phenoxy) is 2. The molecule has 0 aromatic heterocycles. The van der Waals surface area contributed by atoms with Gasteiger partial charge in [-0.1, -0.05) is 76.6 Å². The molecule has 28 heavy (non-hydrogen) atoms. The Morgan fingerprint density at radius 3 is 2.00 bits per heavy atom. The van der Waals surface area contributed by atoms with E-state index in [0.29, 0.717) is 0 Å². The fraction of sp³-hybridized carbons (Fsp3) is 0.286. The summed E-state index contributed by atoms with van der Waals surface area (Å²) in [5, 5.41) is 0. The summed E-state index contributed by atoms with van der Waals surface area (Å²) < 4.78 is 10.2. The van der Waals surface area contributed by atoms with Gasteiger partial charge in [-0.2, -0.15) is 0 Å². The summed E-state index contributed by atoms with van der Waals surface area (Å²) in [4.78, 5) is 38.1. The number of benzene rings is 2. The second-order valence-electron chi connectivity index (χ2n) is 6.09. The van der Waals surface area contributed by atoms with Crippen molar-refractivity contribution in [3.63, 3.8) is 0 Å². The summed E-state index contributed by atoms with van der Waals surface area (Å²) in [7, 11) is 1.22. The molecule has 7 heteroatoms. The number of carbonyl (C=O) groups excluding carboxylic acids is 3. The molecule has 0 heterocycles. The maximum atomic E-state index is 12.8. The molecule has 2 aromatic rings. The SMILES string of the molecule is COC(=O)[C@H](Cc1ccccc1)N(C(=O)OCc1ccccc1)C(=O)C(C)Br. The van der Waals surface area contributed by atoms with E-state index in [1.54, 1.807) is 19.1 Å². The van der Waals surface area contributed by atoms with Crippen LogP contribution in [0.5, 0.6) is 0 Å². The predicted octanol–water partition coefficient (Wildman–Crippen LogP) is 3.72. The lowest BCUT2D eigenvalue weighted by Gasteiger charge is -2.28. The van der Waals surface area contributed by atoms with Gasteiger partial charge in [0.2, 0.25) is 5.91 Å². The van der Waals surface area contributed by atoms with Crippen LogP contribution in [0.4, 0.5) is 4.79 Å². The lowest BCUT2D eigenvalue weighted by atomic mass is 10.0. The highest BCUT2D eigenvalue weighted by Crippen LogP contribution is 2.17. The monoisotopic (exact) mass is 447 g/mol. The number of halogens is 1. The number of rotatable bonds is 7. The smallest absolute Gasteiger partial charge is 0.417 e. The van der Waals surface area contributed by atoms with E-state index < -0.39 is 28.8 Å². The number of amides is 2. The molecule has 148 valence electrons. The second-order valence-corrected chi connectivity index (χ2v) is 7.47. The van der Waals surface area contributed by atoms with Crippen LogP contribution in [0, 0.1) is 0 Å². The van der Waals surface area contributed by atoms with Gasteiger partial charge in [0.1, 0.15) is 12.6 Å². The zero-order valence-electron chi connectivity index (χ0n) is 15.7. The Balaban J connectivity index is 2.27. The number of imide groups is 1. The van der Waals surface area contributed by atoms with Crippen molar-refractivity contribution in [3.05, 3.63) is 71.8 Å². The maximum Gasteiger partial charge on any atom is 0.417 e. The summed E-state index contributed by atoms with van der Waals surface area (Å²) in [6.45, 7) is 1.57. The summed E-state index contributed by atoms with van der Waals surface area (Å²) in [5.41, 5.74) is 1.56. The molecule has 0 saturated heterocycles. The molecule has 6 nitrogen and oxygen atoms in total. The van der Waals surface area contributed by atoms with E-state index in [1.807, 2.05) is 48.5 Å². The fourth-order valence-electron chi connectivity index (χ4n) is 2.60. The Hall–Kier alpha value is -2.67. The van der Waals surface area contributed by atoms with Gasteiger partial charge in [0.15, 0.2) is 0 Å².